The summed E-state index contributed by atoms with van der Waals surface area (Å²) in [5, 5.41) is 9.62. The fourth-order valence-electron chi connectivity index (χ4n) is 3.80. The summed E-state index contributed by atoms with van der Waals surface area (Å²) in [5.41, 5.74) is 0. The highest BCUT2D eigenvalue weighted by Gasteiger charge is 2.65. The topological polar surface area (TPSA) is 101 Å². The van der Waals surface area contributed by atoms with E-state index in [1.807, 2.05) is 0 Å². The molecule has 1 spiro atoms. The third-order valence-corrected chi connectivity index (χ3v) is 5.07. The van der Waals surface area contributed by atoms with Gasteiger partial charge in [0.2, 0.25) is 6.29 Å². The summed E-state index contributed by atoms with van der Waals surface area (Å²) >= 11 is 0. The van der Waals surface area contributed by atoms with Gasteiger partial charge in [-0.05, 0) is 12.8 Å². The zero-order valence-corrected chi connectivity index (χ0v) is 13.4. The van der Waals surface area contributed by atoms with Crippen molar-refractivity contribution in [2.45, 2.75) is 75.2 Å². The Morgan fingerprint density at radius 1 is 1.28 bits per heavy atom. The van der Waals surface area contributed by atoms with Crippen molar-refractivity contribution in [1.29, 1.82) is 0 Å². The number of hydrogen-bond acceptors (Lipinski definition) is 8. The maximum atomic E-state index is 12.9. The van der Waals surface area contributed by atoms with Crippen molar-refractivity contribution in [2.75, 3.05) is 0 Å². The molecule has 1 saturated carbocycles. The lowest BCUT2D eigenvalue weighted by molar-refractivity contribution is -0.257. The Morgan fingerprint density at radius 2 is 1.96 bits per heavy atom. The smallest absolute Gasteiger partial charge is 0.376 e. The van der Waals surface area contributed by atoms with Gasteiger partial charge in [0.15, 0.2) is 12.1 Å². The van der Waals surface area contributed by atoms with E-state index in [0.29, 0.717) is 32.6 Å². The average molecular weight is 364 g/mol. The highest BCUT2D eigenvalue weighted by molar-refractivity contribution is 5.77. The average Bonchev–Trinajstić information content (AvgIpc) is 3.11. The molecule has 5 unspecified atom stereocenters. The van der Waals surface area contributed by atoms with Crippen LogP contribution >= 0.6 is 0 Å². The molecule has 140 valence electrons. The van der Waals surface area contributed by atoms with Crippen LogP contribution in [-0.4, -0.2) is 59.6 Å². The number of esters is 2. The van der Waals surface area contributed by atoms with E-state index in [9.17, 15) is 23.5 Å². The molecule has 10 heteroatoms. The molecule has 5 atom stereocenters. The molecular formula is C15H18F2O8. The van der Waals surface area contributed by atoms with Gasteiger partial charge in [-0.3, -0.25) is 4.79 Å². The van der Waals surface area contributed by atoms with Gasteiger partial charge in [-0.15, -0.1) is 0 Å². The van der Waals surface area contributed by atoms with Gasteiger partial charge in [0, 0.05) is 19.8 Å². The van der Waals surface area contributed by atoms with Crippen molar-refractivity contribution in [3.05, 3.63) is 0 Å². The van der Waals surface area contributed by atoms with E-state index in [1.54, 1.807) is 0 Å². The number of aliphatic hydroxyl groups excluding tert-OH is 1. The summed E-state index contributed by atoms with van der Waals surface area (Å²) in [7, 11) is 0. The number of cyclic esters (lactones) is 1. The van der Waals surface area contributed by atoms with Gasteiger partial charge >= 0.3 is 17.9 Å². The Morgan fingerprint density at radius 3 is 2.60 bits per heavy atom. The van der Waals surface area contributed by atoms with E-state index in [-0.39, 0.29) is 0 Å². The molecule has 25 heavy (non-hydrogen) atoms. The van der Waals surface area contributed by atoms with E-state index >= 15 is 0 Å². The fraction of sp³-hybridized carbons (Fsp3) is 0.867. The Bertz CT molecular complexity index is 583. The Balaban J connectivity index is 1.36. The van der Waals surface area contributed by atoms with Crippen LogP contribution in [0.3, 0.4) is 0 Å². The second-order valence-electron chi connectivity index (χ2n) is 6.93. The number of fused-ring (bicyclic) bond motifs is 3. The van der Waals surface area contributed by atoms with Crippen molar-refractivity contribution in [1.82, 2.24) is 0 Å². The minimum absolute atomic E-state index is 0.294. The van der Waals surface area contributed by atoms with Crippen LogP contribution in [0.4, 0.5) is 8.78 Å². The van der Waals surface area contributed by atoms with E-state index in [4.69, 9.17) is 23.7 Å². The lowest BCUT2D eigenvalue weighted by Gasteiger charge is -2.36. The van der Waals surface area contributed by atoms with Crippen LogP contribution in [0, 0.1) is 5.92 Å². The number of ether oxygens (including phenoxy) is 5. The quantitative estimate of drug-likeness (QED) is 0.705. The molecule has 8 nitrogen and oxygen atoms in total. The Kier molecular flexibility index (Phi) is 3.80. The minimum atomic E-state index is -3.53. The van der Waals surface area contributed by atoms with Gasteiger partial charge in [0.05, 0.1) is 0 Å². The maximum absolute atomic E-state index is 12.9. The second kappa shape index (κ2) is 5.57. The van der Waals surface area contributed by atoms with Gasteiger partial charge in [0.25, 0.3) is 0 Å². The maximum Gasteiger partial charge on any atom is 0.376 e. The van der Waals surface area contributed by atoms with Gasteiger partial charge < -0.3 is 28.8 Å². The van der Waals surface area contributed by atoms with Crippen LogP contribution in [0.5, 0.6) is 0 Å². The van der Waals surface area contributed by atoms with Crippen LogP contribution in [0.1, 0.15) is 32.6 Å². The Hall–Kier alpha value is -1.36. The Labute approximate surface area is 141 Å². The number of carbonyl (C=O) groups excluding carboxylic acids is 2. The zero-order chi connectivity index (χ0) is 18.0. The molecule has 4 fully saturated rings. The summed E-state index contributed by atoms with van der Waals surface area (Å²) in [6.45, 7) is 0.493. The molecule has 1 N–H and O–H groups in total. The van der Waals surface area contributed by atoms with Crippen molar-refractivity contribution in [3.8, 4) is 0 Å². The van der Waals surface area contributed by atoms with Crippen LogP contribution < -0.4 is 0 Å². The molecule has 0 aromatic carbocycles. The summed E-state index contributed by atoms with van der Waals surface area (Å²) in [5.74, 6) is -7.44. The largest absolute Gasteiger partial charge is 0.458 e. The predicted octanol–water partition coefficient (Wildman–Crippen LogP) is 0.455. The summed E-state index contributed by atoms with van der Waals surface area (Å²) < 4.78 is 52.6. The van der Waals surface area contributed by atoms with Gasteiger partial charge in [-0.2, -0.15) is 8.78 Å². The van der Waals surface area contributed by atoms with Crippen molar-refractivity contribution in [3.63, 3.8) is 0 Å². The summed E-state index contributed by atoms with van der Waals surface area (Å²) in [6.07, 6.45) is -3.06. The van der Waals surface area contributed by atoms with E-state index in [2.05, 4.69) is 0 Å². The lowest BCUT2D eigenvalue weighted by atomic mass is 9.91. The summed E-state index contributed by atoms with van der Waals surface area (Å²) in [4.78, 5) is 23.1. The minimum Gasteiger partial charge on any atom is -0.458 e. The number of hydrogen-bond donors (Lipinski definition) is 1. The molecule has 0 radical (unpaired) electrons. The first kappa shape index (κ1) is 17.1. The third-order valence-electron chi connectivity index (χ3n) is 5.07. The molecule has 3 heterocycles. The van der Waals surface area contributed by atoms with Crippen molar-refractivity contribution in [2.24, 2.45) is 5.92 Å². The van der Waals surface area contributed by atoms with E-state index in [1.165, 1.54) is 0 Å². The number of rotatable bonds is 2. The molecule has 3 aliphatic heterocycles. The monoisotopic (exact) mass is 364 g/mol. The van der Waals surface area contributed by atoms with Crippen LogP contribution in [0.2, 0.25) is 0 Å². The number of aliphatic hydroxyl groups is 1. The van der Waals surface area contributed by atoms with E-state index < -0.39 is 60.5 Å². The van der Waals surface area contributed by atoms with Gasteiger partial charge in [-0.25, -0.2) is 4.79 Å². The molecule has 0 bridgehead atoms. The standard InChI is InChI=1S/C15H18F2O8/c1-14(16,17)13(20)21-6-2-4-15(5-3-6)24-9-7-8(22-12(9)25-15)11(19)23-10(7)18/h6-9,11-12,19H,2-5H2,1H3. The zero-order valence-electron chi connectivity index (χ0n) is 13.4. The highest BCUT2D eigenvalue weighted by Crippen LogP contribution is 2.49. The summed E-state index contributed by atoms with van der Waals surface area (Å²) in [6, 6.07) is 0. The lowest BCUT2D eigenvalue weighted by Crippen LogP contribution is -2.42. The second-order valence-corrected chi connectivity index (χ2v) is 6.93. The number of alkyl halides is 2. The first-order valence-electron chi connectivity index (χ1n) is 8.17. The molecule has 0 aromatic heterocycles. The SMILES string of the molecule is CC(F)(F)C(=O)OC1CCC2(CC1)OC1OC3C(O)OC(=O)C3C1O2. The molecule has 4 aliphatic rings. The number of halogens is 2. The van der Waals surface area contributed by atoms with Crippen LogP contribution in [0.25, 0.3) is 0 Å². The number of carbonyl (C=O) groups is 2. The molecule has 1 aliphatic carbocycles. The predicted molar refractivity (Wildman–Crippen MR) is 71.9 cm³/mol. The molecular weight excluding hydrogens is 346 g/mol. The van der Waals surface area contributed by atoms with E-state index in [0.717, 1.165) is 0 Å². The van der Waals surface area contributed by atoms with Gasteiger partial charge in [-0.1, -0.05) is 0 Å². The van der Waals surface area contributed by atoms with Crippen molar-refractivity contribution < 1.29 is 47.2 Å². The normalized spacial score (nSPS) is 46.0. The first-order valence-corrected chi connectivity index (χ1v) is 8.17. The van der Waals surface area contributed by atoms with Crippen LogP contribution in [0.15, 0.2) is 0 Å². The molecule has 3 saturated heterocycles. The fourth-order valence-corrected chi connectivity index (χ4v) is 3.80. The molecule has 4 rings (SSSR count). The van der Waals surface area contributed by atoms with Crippen LogP contribution in [-0.2, 0) is 33.3 Å². The highest BCUT2D eigenvalue weighted by atomic mass is 19.3. The molecule has 0 amide bonds. The third kappa shape index (κ3) is 2.80. The molecule has 0 aromatic rings. The van der Waals surface area contributed by atoms with Crippen molar-refractivity contribution >= 4 is 11.9 Å². The first-order chi connectivity index (χ1) is 11.7. The van der Waals surface area contributed by atoms with Gasteiger partial charge in [0.1, 0.15) is 24.2 Å².